The van der Waals surface area contributed by atoms with Crippen molar-refractivity contribution >= 4 is 15.7 Å². The molecule has 0 saturated heterocycles. The standard InChI is InChI=1S/C14H22FN3O2S/c1-2-18(11-5-3-10(16)4-6-11)14-8-7-12(9-13(14)15)21(17,19)20/h7-11H,2-6,16H2,1H3,(H2,17,19,20). The minimum atomic E-state index is -3.88. The van der Waals surface area contributed by atoms with Gasteiger partial charge in [-0.25, -0.2) is 17.9 Å². The van der Waals surface area contributed by atoms with Crippen molar-refractivity contribution in [3.8, 4) is 0 Å². The fraction of sp³-hybridized carbons (Fsp3) is 0.571. The number of primary sulfonamides is 1. The van der Waals surface area contributed by atoms with Gasteiger partial charge in [-0.1, -0.05) is 0 Å². The SMILES string of the molecule is CCN(c1ccc(S(N)(=O)=O)cc1F)C1CCC(N)CC1. The molecule has 0 amide bonds. The zero-order valence-electron chi connectivity index (χ0n) is 12.1. The van der Waals surface area contributed by atoms with Gasteiger partial charge < -0.3 is 10.6 Å². The maximum absolute atomic E-state index is 14.3. The second-order valence-corrected chi connectivity index (χ2v) is 7.07. The van der Waals surface area contributed by atoms with Crippen molar-refractivity contribution in [2.45, 2.75) is 49.6 Å². The van der Waals surface area contributed by atoms with Crippen molar-refractivity contribution in [2.75, 3.05) is 11.4 Å². The number of nitrogens with zero attached hydrogens (tertiary/aromatic N) is 1. The molecular weight excluding hydrogens is 293 g/mol. The first-order chi connectivity index (χ1) is 9.82. The van der Waals surface area contributed by atoms with Gasteiger partial charge in [0.1, 0.15) is 5.82 Å². The molecule has 21 heavy (non-hydrogen) atoms. The van der Waals surface area contributed by atoms with E-state index in [9.17, 15) is 12.8 Å². The zero-order valence-corrected chi connectivity index (χ0v) is 12.9. The summed E-state index contributed by atoms with van der Waals surface area (Å²) >= 11 is 0. The first-order valence-electron chi connectivity index (χ1n) is 7.17. The predicted molar refractivity (Wildman–Crippen MR) is 81.0 cm³/mol. The molecule has 0 aromatic heterocycles. The minimum absolute atomic E-state index is 0.203. The fourth-order valence-corrected chi connectivity index (χ4v) is 3.46. The smallest absolute Gasteiger partial charge is 0.238 e. The Morgan fingerprint density at radius 2 is 1.90 bits per heavy atom. The summed E-state index contributed by atoms with van der Waals surface area (Å²) in [5, 5.41) is 5.02. The van der Waals surface area contributed by atoms with Crippen molar-refractivity contribution in [3.05, 3.63) is 24.0 Å². The van der Waals surface area contributed by atoms with Crippen molar-refractivity contribution in [3.63, 3.8) is 0 Å². The van der Waals surface area contributed by atoms with E-state index in [-0.39, 0.29) is 17.0 Å². The topological polar surface area (TPSA) is 89.4 Å². The summed E-state index contributed by atoms with van der Waals surface area (Å²) < 4.78 is 36.8. The van der Waals surface area contributed by atoms with Gasteiger partial charge in [0.05, 0.1) is 10.6 Å². The van der Waals surface area contributed by atoms with E-state index < -0.39 is 15.8 Å². The molecule has 0 spiro atoms. The van der Waals surface area contributed by atoms with E-state index in [0.29, 0.717) is 12.2 Å². The molecule has 1 saturated carbocycles. The van der Waals surface area contributed by atoms with Crippen LogP contribution in [0.4, 0.5) is 10.1 Å². The highest BCUT2D eigenvalue weighted by Gasteiger charge is 2.25. The first-order valence-corrected chi connectivity index (χ1v) is 8.72. The third-order valence-corrected chi connectivity index (χ3v) is 4.99. The molecule has 0 bridgehead atoms. The molecule has 0 atom stereocenters. The van der Waals surface area contributed by atoms with Gasteiger partial charge in [-0.3, -0.25) is 0 Å². The van der Waals surface area contributed by atoms with Crippen LogP contribution in [0.3, 0.4) is 0 Å². The van der Waals surface area contributed by atoms with Gasteiger partial charge in [-0.2, -0.15) is 0 Å². The molecule has 2 rings (SSSR count). The molecule has 1 aromatic carbocycles. The van der Waals surface area contributed by atoms with Crippen LogP contribution in [0.5, 0.6) is 0 Å². The Bertz CT molecular complexity index is 598. The summed E-state index contributed by atoms with van der Waals surface area (Å²) in [5.41, 5.74) is 6.32. The summed E-state index contributed by atoms with van der Waals surface area (Å²) in [6, 6.07) is 4.30. The Morgan fingerprint density at radius 1 is 1.29 bits per heavy atom. The highest BCUT2D eigenvalue weighted by atomic mass is 32.2. The summed E-state index contributed by atoms with van der Waals surface area (Å²) in [4.78, 5) is 1.78. The molecule has 7 heteroatoms. The third-order valence-electron chi connectivity index (χ3n) is 4.08. The van der Waals surface area contributed by atoms with Gasteiger partial charge in [-0.05, 0) is 50.8 Å². The molecule has 1 aromatic rings. The van der Waals surface area contributed by atoms with Crippen molar-refractivity contribution in [1.29, 1.82) is 0 Å². The van der Waals surface area contributed by atoms with Crippen molar-refractivity contribution in [2.24, 2.45) is 10.9 Å². The van der Waals surface area contributed by atoms with Crippen LogP contribution in [-0.2, 0) is 10.0 Å². The molecular formula is C14H22FN3O2S. The van der Waals surface area contributed by atoms with Gasteiger partial charge in [0.25, 0.3) is 0 Å². The number of nitrogens with two attached hydrogens (primary N) is 2. The quantitative estimate of drug-likeness (QED) is 0.882. The number of hydrogen-bond acceptors (Lipinski definition) is 4. The van der Waals surface area contributed by atoms with E-state index in [1.807, 2.05) is 11.8 Å². The van der Waals surface area contributed by atoms with Crippen molar-refractivity contribution in [1.82, 2.24) is 0 Å². The van der Waals surface area contributed by atoms with Crippen LogP contribution in [-0.4, -0.2) is 27.0 Å². The molecule has 0 radical (unpaired) electrons. The number of rotatable bonds is 4. The number of sulfonamides is 1. The number of hydrogen-bond donors (Lipinski definition) is 2. The number of halogens is 1. The summed E-state index contributed by atoms with van der Waals surface area (Å²) in [7, 11) is -3.88. The van der Waals surface area contributed by atoms with Crippen LogP contribution in [0.2, 0.25) is 0 Å². The zero-order chi connectivity index (χ0) is 15.6. The van der Waals surface area contributed by atoms with E-state index in [2.05, 4.69) is 0 Å². The van der Waals surface area contributed by atoms with E-state index in [1.54, 1.807) is 0 Å². The number of benzene rings is 1. The van der Waals surface area contributed by atoms with Crippen LogP contribution in [0.1, 0.15) is 32.6 Å². The summed E-state index contributed by atoms with van der Waals surface area (Å²) in [5.74, 6) is -0.557. The van der Waals surface area contributed by atoms with E-state index in [0.717, 1.165) is 31.7 Å². The summed E-state index contributed by atoms with van der Waals surface area (Å²) in [6.45, 7) is 2.62. The van der Waals surface area contributed by atoms with Gasteiger partial charge in [0, 0.05) is 18.6 Å². The van der Waals surface area contributed by atoms with Gasteiger partial charge in [0.2, 0.25) is 10.0 Å². The molecule has 1 aliphatic carbocycles. The van der Waals surface area contributed by atoms with Crippen LogP contribution >= 0.6 is 0 Å². The Labute approximate surface area is 125 Å². The normalized spacial score (nSPS) is 23.0. The highest BCUT2D eigenvalue weighted by molar-refractivity contribution is 7.89. The van der Waals surface area contributed by atoms with Crippen LogP contribution in [0, 0.1) is 5.82 Å². The Morgan fingerprint density at radius 3 is 2.38 bits per heavy atom. The molecule has 5 nitrogen and oxygen atoms in total. The fourth-order valence-electron chi connectivity index (χ4n) is 2.94. The Hall–Kier alpha value is -1.18. The predicted octanol–water partition coefficient (Wildman–Crippen LogP) is 1.57. The largest absolute Gasteiger partial charge is 0.366 e. The lowest BCUT2D eigenvalue weighted by molar-refractivity contribution is 0.376. The third kappa shape index (κ3) is 3.72. The molecule has 0 heterocycles. The van der Waals surface area contributed by atoms with E-state index in [1.165, 1.54) is 12.1 Å². The van der Waals surface area contributed by atoms with E-state index >= 15 is 0 Å². The van der Waals surface area contributed by atoms with Crippen LogP contribution < -0.4 is 15.8 Å². The lowest BCUT2D eigenvalue weighted by atomic mass is 9.90. The van der Waals surface area contributed by atoms with Crippen LogP contribution in [0.25, 0.3) is 0 Å². The van der Waals surface area contributed by atoms with Gasteiger partial charge in [-0.15, -0.1) is 0 Å². The molecule has 1 aliphatic rings. The van der Waals surface area contributed by atoms with Gasteiger partial charge >= 0.3 is 0 Å². The number of anilines is 1. The van der Waals surface area contributed by atoms with Gasteiger partial charge in [0.15, 0.2) is 0 Å². The average molecular weight is 315 g/mol. The van der Waals surface area contributed by atoms with Crippen LogP contribution in [0.15, 0.2) is 23.1 Å². The Balaban J connectivity index is 2.26. The maximum atomic E-state index is 14.3. The minimum Gasteiger partial charge on any atom is -0.366 e. The molecule has 118 valence electrons. The Kier molecular flexibility index (Phi) is 4.85. The molecule has 0 unspecified atom stereocenters. The lowest BCUT2D eigenvalue weighted by Gasteiger charge is -2.37. The second kappa shape index (κ2) is 6.29. The summed E-state index contributed by atoms with van der Waals surface area (Å²) in [6.07, 6.45) is 3.70. The molecule has 1 fully saturated rings. The maximum Gasteiger partial charge on any atom is 0.238 e. The molecule has 0 aliphatic heterocycles. The highest BCUT2D eigenvalue weighted by Crippen LogP contribution is 2.29. The van der Waals surface area contributed by atoms with E-state index in [4.69, 9.17) is 10.9 Å². The lowest BCUT2D eigenvalue weighted by Crippen LogP contribution is -2.41. The second-order valence-electron chi connectivity index (χ2n) is 5.51. The van der Waals surface area contributed by atoms with Crippen molar-refractivity contribution < 1.29 is 12.8 Å². The average Bonchev–Trinajstić information content (AvgIpc) is 2.42. The first kappa shape index (κ1) is 16.2. The molecule has 4 N–H and O–H groups in total. The monoisotopic (exact) mass is 315 g/mol.